The first-order chi connectivity index (χ1) is 10.5. The van der Waals surface area contributed by atoms with Gasteiger partial charge in [-0.05, 0) is 31.0 Å². The van der Waals surface area contributed by atoms with Crippen LogP contribution >= 0.6 is 0 Å². The summed E-state index contributed by atoms with van der Waals surface area (Å²) in [5.74, 6) is -0.437. The zero-order valence-electron chi connectivity index (χ0n) is 13.5. The Morgan fingerprint density at radius 3 is 2.59 bits per heavy atom. The summed E-state index contributed by atoms with van der Waals surface area (Å²) in [5.41, 5.74) is 2.06. The van der Waals surface area contributed by atoms with Crippen LogP contribution in [0.2, 0.25) is 0 Å². The van der Waals surface area contributed by atoms with E-state index in [1.165, 1.54) is 10.5 Å². The van der Waals surface area contributed by atoms with Crippen molar-refractivity contribution in [3.63, 3.8) is 0 Å². The summed E-state index contributed by atoms with van der Waals surface area (Å²) in [7, 11) is 1.67. The molecule has 120 valence electrons. The summed E-state index contributed by atoms with van der Waals surface area (Å²) in [4.78, 5) is 27.8. The number of carbonyl (C=O) groups excluding carboxylic acids is 2. The lowest BCUT2D eigenvalue weighted by molar-refractivity contribution is -0.137. The molecule has 0 aromatic heterocycles. The Bertz CT molecular complexity index is 541. The van der Waals surface area contributed by atoms with Crippen molar-refractivity contribution < 1.29 is 14.7 Å². The highest BCUT2D eigenvalue weighted by atomic mass is 16.3. The van der Waals surface area contributed by atoms with E-state index in [0.29, 0.717) is 6.54 Å². The molecule has 1 heterocycles. The third-order valence-electron chi connectivity index (χ3n) is 4.40. The van der Waals surface area contributed by atoms with Gasteiger partial charge >= 0.3 is 0 Å². The van der Waals surface area contributed by atoms with Crippen molar-refractivity contribution in [1.29, 1.82) is 0 Å². The minimum atomic E-state index is -0.336. The molecule has 5 nitrogen and oxygen atoms in total. The summed E-state index contributed by atoms with van der Waals surface area (Å²) in [5, 5.41) is 9.16. The van der Waals surface area contributed by atoms with Crippen LogP contribution in [-0.4, -0.2) is 48.1 Å². The first-order valence-corrected chi connectivity index (χ1v) is 7.74. The molecule has 1 aromatic rings. The lowest BCUT2D eigenvalue weighted by Gasteiger charge is -2.26. The van der Waals surface area contributed by atoms with Gasteiger partial charge in [-0.15, -0.1) is 0 Å². The van der Waals surface area contributed by atoms with Crippen LogP contribution < -0.4 is 4.90 Å². The van der Waals surface area contributed by atoms with Gasteiger partial charge in [0.25, 0.3) is 0 Å². The second-order valence-corrected chi connectivity index (χ2v) is 5.91. The summed E-state index contributed by atoms with van der Waals surface area (Å²) in [6, 6.07) is 7.66. The fourth-order valence-corrected chi connectivity index (χ4v) is 2.66. The molecule has 1 saturated heterocycles. The van der Waals surface area contributed by atoms with E-state index in [9.17, 15) is 9.59 Å². The zero-order valence-corrected chi connectivity index (χ0v) is 13.5. The van der Waals surface area contributed by atoms with Crippen LogP contribution in [0.4, 0.5) is 5.69 Å². The zero-order chi connectivity index (χ0) is 16.3. The summed E-state index contributed by atoms with van der Waals surface area (Å²) >= 11 is 0. The fraction of sp³-hybridized carbons (Fsp3) is 0.529. The minimum Gasteiger partial charge on any atom is -0.394 e. The van der Waals surface area contributed by atoms with Crippen LogP contribution in [0, 0.1) is 5.92 Å². The second kappa shape index (κ2) is 6.92. The number of nitrogens with zero attached hydrogens (tertiary/aromatic N) is 2. The van der Waals surface area contributed by atoms with E-state index in [2.05, 4.69) is 6.92 Å². The summed E-state index contributed by atoms with van der Waals surface area (Å²) in [6.45, 7) is 4.20. The molecular weight excluding hydrogens is 280 g/mol. The molecule has 0 saturated carbocycles. The predicted octanol–water partition coefficient (Wildman–Crippen LogP) is 1.44. The highest BCUT2D eigenvalue weighted by Gasteiger charge is 2.37. The Balaban J connectivity index is 2.08. The van der Waals surface area contributed by atoms with Crippen molar-refractivity contribution in [2.75, 3.05) is 25.1 Å². The van der Waals surface area contributed by atoms with E-state index in [1.54, 1.807) is 18.9 Å². The van der Waals surface area contributed by atoms with E-state index < -0.39 is 0 Å². The average Bonchev–Trinajstić information content (AvgIpc) is 2.94. The third kappa shape index (κ3) is 3.30. The van der Waals surface area contributed by atoms with Gasteiger partial charge in [-0.2, -0.15) is 0 Å². The molecule has 1 aliphatic heterocycles. The molecule has 2 atom stereocenters. The maximum atomic E-state index is 12.4. The highest BCUT2D eigenvalue weighted by molar-refractivity contribution is 6.00. The number of aliphatic hydroxyl groups excluding tert-OH is 1. The summed E-state index contributed by atoms with van der Waals surface area (Å²) in [6.07, 6.45) is 1.19. The van der Waals surface area contributed by atoms with Crippen molar-refractivity contribution in [1.82, 2.24) is 4.90 Å². The Kier molecular flexibility index (Phi) is 5.19. The number of carbonyl (C=O) groups is 2. The second-order valence-electron chi connectivity index (χ2n) is 5.91. The maximum absolute atomic E-state index is 12.4. The standard InChI is InChI=1S/C17H24N2O3/c1-4-13-5-7-15(8-6-13)19-10-14(9-16(19)21)17(22)18(3)12(2)11-20/h5-8,12,14,20H,4,9-11H2,1-3H3. The quantitative estimate of drug-likeness (QED) is 0.895. The van der Waals surface area contributed by atoms with E-state index in [0.717, 1.165) is 12.1 Å². The van der Waals surface area contributed by atoms with Gasteiger partial charge in [-0.3, -0.25) is 9.59 Å². The number of benzene rings is 1. The Labute approximate surface area is 131 Å². The van der Waals surface area contributed by atoms with Gasteiger partial charge < -0.3 is 14.9 Å². The Morgan fingerprint density at radius 1 is 1.41 bits per heavy atom. The van der Waals surface area contributed by atoms with Crippen molar-refractivity contribution in [2.24, 2.45) is 5.92 Å². The van der Waals surface area contributed by atoms with Gasteiger partial charge in [0.15, 0.2) is 0 Å². The smallest absolute Gasteiger partial charge is 0.228 e. The van der Waals surface area contributed by atoms with Gasteiger partial charge in [0.1, 0.15) is 0 Å². The molecule has 1 aromatic carbocycles. The van der Waals surface area contributed by atoms with E-state index in [-0.39, 0.29) is 36.8 Å². The lowest BCUT2D eigenvalue weighted by Crippen LogP contribution is -2.41. The maximum Gasteiger partial charge on any atom is 0.228 e. The molecule has 0 aliphatic carbocycles. The first-order valence-electron chi connectivity index (χ1n) is 7.74. The molecule has 1 aliphatic rings. The number of anilines is 1. The lowest BCUT2D eigenvalue weighted by atomic mass is 10.1. The van der Waals surface area contributed by atoms with Crippen molar-refractivity contribution in [3.05, 3.63) is 29.8 Å². The SMILES string of the molecule is CCc1ccc(N2CC(C(=O)N(C)C(C)CO)CC2=O)cc1. The third-order valence-corrected chi connectivity index (χ3v) is 4.40. The molecule has 1 fully saturated rings. The minimum absolute atomic E-state index is 0.0207. The number of likely N-dealkylation sites (N-methyl/N-ethyl adjacent to an activating group) is 1. The van der Waals surface area contributed by atoms with E-state index in [1.807, 2.05) is 24.3 Å². The fourth-order valence-electron chi connectivity index (χ4n) is 2.66. The Hall–Kier alpha value is -1.88. The van der Waals surface area contributed by atoms with Gasteiger partial charge in [0.05, 0.1) is 18.6 Å². The van der Waals surface area contributed by atoms with Gasteiger partial charge in [-0.1, -0.05) is 19.1 Å². The van der Waals surface area contributed by atoms with E-state index >= 15 is 0 Å². The van der Waals surface area contributed by atoms with Crippen molar-refractivity contribution in [3.8, 4) is 0 Å². The van der Waals surface area contributed by atoms with E-state index in [4.69, 9.17) is 5.11 Å². The van der Waals surface area contributed by atoms with Crippen LogP contribution in [0.15, 0.2) is 24.3 Å². The first kappa shape index (κ1) is 16.5. The molecule has 2 rings (SSSR count). The topological polar surface area (TPSA) is 60.9 Å². The average molecular weight is 304 g/mol. The molecule has 0 bridgehead atoms. The van der Waals surface area contributed by atoms with Crippen LogP contribution in [0.5, 0.6) is 0 Å². The van der Waals surface area contributed by atoms with Crippen LogP contribution in [0.1, 0.15) is 25.8 Å². The number of amides is 2. The van der Waals surface area contributed by atoms with Gasteiger partial charge in [-0.25, -0.2) is 0 Å². The molecule has 0 radical (unpaired) electrons. The molecule has 2 unspecified atom stereocenters. The van der Waals surface area contributed by atoms with Crippen molar-refractivity contribution >= 4 is 17.5 Å². The molecule has 2 amide bonds. The van der Waals surface area contributed by atoms with Crippen molar-refractivity contribution in [2.45, 2.75) is 32.7 Å². The molecule has 5 heteroatoms. The molecule has 1 N–H and O–H groups in total. The molecule has 0 spiro atoms. The largest absolute Gasteiger partial charge is 0.394 e. The van der Waals surface area contributed by atoms with Crippen LogP contribution in [0.25, 0.3) is 0 Å². The number of aliphatic hydroxyl groups is 1. The number of rotatable bonds is 5. The Morgan fingerprint density at radius 2 is 2.05 bits per heavy atom. The van der Waals surface area contributed by atoms with Crippen LogP contribution in [-0.2, 0) is 16.0 Å². The number of hydrogen-bond acceptors (Lipinski definition) is 3. The molecular formula is C17H24N2O3. The van der Waals surface area contributed by atoms with Crippen LogP contribution in [0.3, 0.4) is 0 Å². The van der Waals surface area contributed by atoms with Gasteiger partial charge in [0.2, 0.25) is 11.8 Å². The molecule has 22 heavy (non-hydrogen) atoms. The monoisotopic (exact) mass is 304 g/mol. The number of aryl methyl sites for hydroxylation is 1. The number of hydrogen-bond donors (Lipinski definition) is 1. The van der Waals surface area contributed by atoms with Gasteiger partial charge in [0, 0.05) is 25.7 Å². The summed E-state index contributed by atoms with van der Waals surface area (Å²) < 4.78 is 0. The normalized spacial score (nSPS) is 19.4. The highest BCUT2D eigenvalue weighted by Crippen LogP contribution is 2.26. The predicted molar refractivity (Wildman–Crippen MR) is 85.6 cm³/mol.